The number of halogens is 1. The van der Waals surface area contributed by atoms with Gasteiger partial charge in [-0.2, -0.15) is 0 Å². The molecule has 4 N–H and O–H groups in total. The molecule has 9 nitrogen and oxygen atoms in total. The number of nitrogens with two attached hydrogens (primary N) is 2. The van der Waals surface area contributed by atoms with Crippen molar-refractivity contribution in [1.82, 2.24) is 19.5 Å². The normalized spacial score (nSPS) is 16.3. The standard InChI is InChI=1S/C31H29N7O2.ClH/c32-28-24(6-2-15-34-28)29-36-26-12-11-25(20-4-1-5-23(18-20)37-16-17-40-19-27(37)39)35-30(26)38(29)22-9-7-21(8-10-22)31(33)13-3-14-31;/h1-2,4-12,15,18H,3,13-14,16-17,19,33H2,(H2,32,34);1H. The first kappa shape index (κ1) is 26.9. The number of carbonyl (C=O) groups excluding carboxylic acids is 1. The number of benzene rings is 2. The van der Waals surface area contributed by atoms with E-state index in [0.717, 1.165) is 58.5 Å². The van der Waals surface area contributed by atoms with Crippen molar-refractivity contribution >= 4 is 41.0 Å². The SMILES string of the molecule is Cl.Nc1ncccc1-c1nc2ccc(-c3cccc(N4CCOCC4=O)c3)nc2n1-c1ccc(C2(N)CCC2)cc1. The van der Waals surface area contributed by atoms with Gasteiger partial charge in [0.15, 0.2) is 11.5 Å². The van der Waals surface area contributed by atoms with E-state index < -0.39 is 0 Å². The highest BCUT2D eigenvalue weighted by Crippen LogP contribution is 2.39. The fourth-order valence-corrected chi connectivity index (χ4v) is 5.56. The lowest BCUT2D eigenvalue weighted by atomic mass is 9.73. The second-order valence-corrected chi connectivity index (χ2v) is 10.5. The molecule has 1 saturated carbocycles. The van der Waals surface area contributed by atoms with E-state index in [2.05, 4.69) is 29.2 Å². The highest BCUT2D eigenvalue weighted by Gasteiger charge is 2.34. The van der Waals surface area contributed by atoms with Crippen molar-refractivity contribution < 1.29 is 9.53 Å². The van der Waals surface area contributed by atoms with E-state index in [4.69, 9.17) is 26.2 Å². The largest absolute Gasteiger partial charge is 0.383 e. The van der Waals surface area contributed by atoms with Crippen molar-refractivity contribution in [3.63, 3.8) is 0 Å². The zero-order valence-corrected chi connectivity index (χ0v) is 23.2. The third-order valence-electron chi connectivity index (χ3n) is 7.97. The molecule has 4 heterocycles. The Balaban J connectivity index is 0.00000302. The molecule has 0 spiro atoms. The van der Waals surface area contributed by atoms with Crippen molar-refractivity contribution in [3.05, 3.63) is 84.6 Å². The fraction of sp³-hybridized carbons (Fsp3) is 0.226. The number of imidazole rings is 1. The van der Waals surface area contributed by atoms with E-state index in [1.807, 2.05) is 53.1 Å². The second-order valence-electron chi connectivity index (χ2n) is 10.5. The molecule has 7 rings (SSSR count). The third-order valence-corrected chi connectivity index (χ3v) is 7.97. The average Bonchev–Trinajstić information content (AvgIpc) is 3.35. The quantitative estimate of drug-likeness (QED) is 0.311. The minimum atomic E-state index is -0.246. The average molecular weight is 568 g/mol. The molecule has 0 radical (unpaired) electrons. The molecule has 41 heavy (non-hydrogen) atoms. The van der Waals surface area contributed by atoms with E-state index in [-0.39, 0.29) is 30.5 Å². The van der Waals surface area contributed by atoms with Gasteiger partial charge in [-0.15, -0.1) is 12.4 Å². The summed E-state index contributed by atoms with van der Waals surface area (Å²) >= 11 is 0. The van der Waals surface area contributed by atoms with E-state index in [1.165, 1.54) is 0 Å². The van der Waals surface area contributed by atoms with Gasteiger partial charge in [0.1, 0.15) is 17.9 Å². The zero-order chi connectivity index (χ0) is 27.3. The molecule has 2 fully saturated rings. The van der Waals surface area contributed by atoms with E-state index in [9.17, 15) is 4.79 Å². The van der Waals surface area contributed by atoms with Gasteiger partial charge in [-0.25, -0.2) is 15.0 Å². The van der Waals surface area contributed by atoms with Crippen LogP contribution in [-0.2, 0) is 15.1 Å². The summed E-state index contributed by atoms with van der Waals surface area (Å²) in [5.41, 5.74) is 19.4. The molecular weight excluding hydrogens is 538 g/mol. The number of carbonyl (C=O) groups is 1. The summed E-state index contributed by atoms with van der Waals surface area (Å²) in [6.45, 7) is 1.14. The Kier molecular flexibility index (Phi) is 6.94. The molecule has 5 aromatic rings. The number of morpholine rings is 1. The van der Waals surface area contributed by atoms with Gasteiger partial charge >= 0.3 is 0 Å². The van der Waals surface area contributed by atoms with Crippen LogP contribution in [0.15, 0.2) is 79.0 Å². The molecule has 10 heteroatoms. The summed E-state index contributed by atoms with van der Waals surface area (Å²) in [6.07, 6.45) is 4.82. The molecule has 0 bridgehead atoms. The summed E-state index contributed by atoms with van der Waals surface area (Å²) in [5, 5.41) is 0. The van der Waals surface area contributed by atoms with Crippen LogP contribution in [0.3, 0.4) is 0 Å². The predicted molar refractivity (Wildman–Crippen MR) is 162 cm³/mol. The van der Waals surface area contributed by atoms with Crippen LogP contribution in [-0.4, -0.2) is 45.2 Å². The molecule has 3 aromatic heterocycles. The van der Waals surface area contributed by atoms with Crippen molar-refractivity contribution in [2.45, 2.75) is 24.8 Å². The lowest BCUT2D eigenvalue weighted by molar-refractivity contribution is -0.125. The topological polar surface area (TPSA) is 125 Å². The van der Waals surface area contributed by atoms with E-state index in [0.29, 0.717) is 30.4 Å². The first-order valence-corrected chi connectivity index (χ1v) is 13.5. The highest BCUT2D eigenvalue weighted by atomic mass is 35.5. The van der Waals surface area contributed by atoms with Crippen molar-refractivity contribution in [1.29, 1.82) is 0 Å². The van der Waals surface area contributed by atoms with Crippen molar-refractivity contribution in [2.24, 2.45) is 5.73 Å². The number of amides is 1. The zero-order valence-electron chi connectivity index (χ0n) is 22.4. The van der Waals surface area contributed by atoms with Crippen LogP contribution in [0, 0.1) is 0 Å². The Hall–Kier alpha value is -4.31. The van der Waals surface area contributed by atoms with Gasteiger partial charge in [-0.1, -0.05) is 24.3 Å². The molecular formula is C31H30ClN7O2. The molecule has 2 aromatic carbocycles. The number of ether oxygens (including phenoxy) is 1. The molecule has 1 amide bonds. The van der Waals surface area contributed by atoms with Crippen LogP contribution in [0.25, 0.3) is 39.5 Å². The molecule has 1 aliphatic heterocycles. The molecule has 0 unspecified atom stereocenters. The van der Waals surface area contributed by atoms with Crippen LogP contribution in [0.2, 0.25) is 0 Å². The summed E-state index contributed by atoms with van der Waals surface area (Å²) in [4.78, 5) is 28.5. The van der Waals surface area contributed by atoms with Gasteiger partial charge in [0, 0.05) is 35.2 Å². The summed E-state index contributed by atoms with van der Waals surface area (Å²) in [6, 6.07) is 23.9. The fourth-order valence-electron chi connectivity index (χ4n) is 5.56. The Bertz CT molecular complexity index is 1750. The Morgan fingerprint density at radius 1 is 0.927 bits per heavy atom. The van der Waals surface area contributed by atoms with Crippen LogP contribution >= 0.6 is 12.4 Å². The Morgan fingerprint density at radius 3 is 2.49 bits per heavy atom. The molecule has 1 saturated heterocycles. The maximum atomic E-state index is 12.4. The number of rotatable bonds is 5. The van der Waals surface area contributed by atoms with E-state index >= 15 is 0 Å². The maximum absolute atomic E-state index is 12.4. The molecule has 0 atom stereocenters. The first-order valence-electron chi connectivity index (χ1n) is 13.5. The van der Waals surface area contributed by atoms with Crippen molar-refractivity contribution in [2.75, 3.05) is 30.4 Å². The lowest BCUT2D eigenvalue weighted by Crippen LogP contribution is -2.43. The smallest absolute Gasteiger partial charge is 0.253 e. The molecule has 208 valence electrons. The first-order chi connectivity index (χ1) is 19.5. The lowest BCUT2D eigenvalue weighted by Gasteiger charge is -2.38. The van der Waals surface area contributed by atoms with Crippen molar-refractivity contribution in [3.8, 4) is 28.3 Å². The third kappa shape index (κ3) is 4.72. The van der Waals surface area contributed by atoms with Crippen LogP contribution in [0.4, 0.5) is 11.5 Å². The summed E-state index contributed by atoms with van der Waals surface area (Å²) in [5.74, 6) is 1.01. The number of nitrogens with zero attached hydrogens (tertiary/aromatic N) is 5. The van der Waals surface area contributed by atoms with Gasteiger partial charge < -0.3 is 21.1 Å². The summed E-state index contributed by atoms with van der Waals surface area (Å²) < 4.78 is 7.32. The summed E-state index contributed by atoms with van der Waals surface area (Å²) in [7, 11) is 0. The van der Waals surface area contributed by atoms with Crippen LogP contribution in [0.5, 0.6) is 0 Å². The number of hydrogen-bond donors (Lipinski definition) is 2. The van der Waals surface area contributed by atoms with Crippen LogP contribution in [0.1, 0.15) is 24.8 Å². The number of nitrogen functional groups attached to an aromatic ring is 1. The number of anilines is 2. The van der Waals surface area contributed by atoms with Gasteiger partial charge in [0.05, 0.1) is 17.9 Å². The van der Waals surface area contributed by atoms with E-state index in [1.54, 1.807) is 11.1 Å². The molecule has 1 aliphatic carbocycles. The molecule has 2 aliphatic rings. The maximum Gasteiger partial charge on any atom is 0.253 e. The number of hydrogen-bond acceptors (Lipinski definition) is 7. The number of pyridine rings is 2. The number of aromatic nitrogens is 4. The minimum Gasteiger partial charge on any atom is -0.383 e. The highest BCUT2D eigenvalue weighted by molar-refractivity contribution is 5.95. The second kappa shape index (κ2) is 10.6. The Morgan fingerprint density at radius 2 is 1.76 bits per heavy atom. The predicted octanol–water partition coefficient (Wildman–Crippen LogP) is 4.85. The van der Waals surface area contributed by atoms with Gasteiger partial charge in [0.2, 0.25) is 0 Å². The van der Waals surface area contributed by atoms with Gasteiger partial charge in [0.25, 0.3) is 5.91 Å². The monoisotopic (exact) mass is 567 g/mol. The van der Waals surface area contributed by atoms with Crippen LogP contribution < -0.4 is 16.4 Å². The number of fused-ring (bicyclic) bond motifs is 1. The minimum absolute atomic E-state index is 0. The van der Waals surface area contributed by atoms with Gasteiger partial charge in [-0.05, 0) is 73.4 Å². The van der Waals surface area contributed by atoms with Gasteiger partial charge in [-0.3, -0.25) is 9.36 Å². The Labute approximate surface area is 243 Å².